The van der Waals surface area contributed by atoms with Gasteiger partial charge in [-0.2, -0.15) is 0 Å². The first-order valence-corrected chi connectivity index (χ1v) is 8.46. The molecular weight excluding hydrogens is 322 g/mol. The van der Waals surface area contributed by atoms with Crippen molar-refractivity contribution in [2.24, 2.45) is 5.92 Å². The second-order valence-corrected chi connectivity index (χ2v) is 6.85. The predicted octanol–water partition coefficient (Wildman–Crippen LogP) is 0.915. The molecule has 7 heteroatoms. The Hall–Kier alpha value is -2.41. The molecule has 0 spiro atoms. The van der Waals surface area contributed by atoms with Crippen molar-refractivity contribution in [3.05, 3.63) is 35.4 Å². The molecule has 0 aliphatic carbocycles. The fourth-order valence-electron chi connectivity index (χ4n) is 3.13. The van der Waals surface area contributed by atoms with Gasteiger partial charge in [0.25, 0.3) is 5.91 Å². The Kier molecular flexibility index (Phi) is 4.76. The van der Waals surface area contributed by atoms with Crippen molar-refractivity contribution >= 4 is 17.8 Å². The van der Waals surface area contributed by atoms with E-state index >= 15 is 0 Å². The third kappa shape index (κ3) is 3.51. The molecule has 3 rings (SSSR count). The number of hydrogen-bond donors (Lipinski definition) is 2. The van der Waals surface area contributed by atoms with Crippen molar-refractivity contribution in [1.82, 2.24) is 15.5 Å². The Morgan fingerprint density at radius 2 is 2.08 bits per heavy atom. The number of rotatable bonds is 5. The van der Waals surface area contributed by atoms with Crippen LogP contribution in [0.25, 0.3) is 0 Å². The first kappa shape index (κ1) is 17.4. The number of urea groups is 1. The summed E-state index contributed by atoms with van der Waals surface area (Å²) in [6.45, 7) is 5.17. The van der Waals surface area contributed by atoms with Crippen LogP contribution in [0.1, 0.15) is 24.5 Å². The van der Waals surface area contributed by atoms with E-state index in [1.807, 2.05) is 31.2 Å². The van der Waals surface area contributed by atoms with Gasteiger partial charge in [0.05, 0.1) is 6.61 Å². The maximum atomic E-state index is 12.8. The van der Waals surface area contributed by atoms with Gasteiger partial charge in [-0.05, 0) is 25.8 Å². The fourth-order valence-corrected chi connectivity index (χ4v) is 3.13. The first-order chi connectivity index (χ1) is 11.9. The highest BCUT2D eigenvalue weighted by Crippen LogP contribution is 2.28. The highest BCUT2D eigenvalue weighted by Gasteiger charge is 2.49. The topological polar surface area (TPSA) is 87.7 Å². The molecule has 1 aromatic carbocycles. The van der Waals surface area contributed by atoms with E-state index < -0.39 is 17.5 Å². The molecule has 1 aromatic rings. The van der Waals surface area contributed by atoms with E-state index in [-0.39, 0.29) is 12.5 Å². The van der Waals surface area contributed by atoms with Crippen LogP contribution in [0.3, 0.4) is 0 Å². The van der Waals surface area contributed by atoms with Gasteiger partial charge in [0.2, 0.25) is 5.91 Å². The zero-order valence-electron chi connectivity index (χ0n) is 14.5. The van der Waals surface area contributed by atoms with Crippen molar-refractivity contribution in [3.63, 3.8) is 0 Å². The van der Waals surface area contributed by atoms with Crippen LogP contribution in [0.5, 0.6) is 0 Å². The quantitative estimate of drug-likeness (QED) is 0.777. The molecule has 2 heterocycles. The summed E-state index contributed by atoms with van der Waals surface area (Å²) in [5, 5.41) is 5.48. The zero-order chi connectivity index (χ0) is 18.0. The molecular formula is C18H23N3O4. The van der Waals surface area contributed by atoms with E-state index in [0.717, 1.165) is 16.9 Å². The van der Waals surface area contributed by atoms with E-state index in [4.69, 9.17) is 4.74 Å². The van der Waals surface area contributed by atoms with Crippen LogP contribution in [0.4, 0.5) is 4.79 Å². The number of aryl methyl sites for hydroxylation is 1. The molecule has 25 heavy (non-hydrogen) atoms. The Bertz CT molecular complexity index is 682. The second-order valence-electron chi connectivity index (χ2n) is 6.85. The number of hydrogen-bond acceptors (Lipinski definition) is 4. The van der Waals surface area contributed by atoms with Gasteiger partial charge in [0.15, 0.2) is 0 Å². The minimum Gasteiger partial charge on any atom is -0.381 e. The highest BCUT2D eigenvalue weighted by molar-refractivity contribution is 6.09. The Morgan fingerprint density at radius 1 is 1.36 bits per heavy atom. The van der Waals surface area contributed by atoms with E-state index in [1.54, 1.807) is 6.92 Å². The van der Waals surface area contributed by atoms with Crippen LogP contribution in [0, 0.1) is 12.8 Å². The van der Waals surface area contributed by atoms with Crippen LogP contribution < -0.4 is 10.6 Å². The van der Waals surface area contributed by atoms with Crippen LogP contribution in [0.15, 0.2) is 24.3 Å². The van der Waals surface area contributed by atoms with Gasteiger partial charge >= 0.3 is 6.03 Å². The van der Waals surface area contributed by atoms with Gasteiger partial charge in [-0.1, -0.05) is 29.8 Å². The van der Waals surface area contributed by atoms with Gasteiger partial charge in [-0.25, -0.2) is 4.79 Å². The van der Waals surface area contributed by atoms with Gasteiger partial charge in [0.1, 0.15) is 12.1 Å². The monoisotopic (exact) mass is 345 g/mol. The molecule has 7 nitrogen and oxygen atoms in total. The number of nitrogens with one attached hydrogen (secondary N) is 2. The Labute approximate surface area is 146 Å². The maximum Gasteiger partial charge on any atom is 0.325 e. The number of ether oxygens (including phenoxy) is 1. The average Bonchev–Trinajstić information content (AvgIpc) is 3.17. The summed E-state index contributed by atoms with van der Waals surface area (Å²) in [6.07, 6.45) is 0.912. The highest BCUT2D eigenvalue weighted by atomic mass is 16.5. The van der Waals surface area contributed by atoms with Gasteiger partial charge in [0, 0.05) is 19.1 Å². The van der Waals surface area contributed by atoms with Crippen molar-refractivity contribution in [1.29, 1.82) is 0 Å². The SMILES string of the molecule is Cc1ccc([C@@]2(C)NC(=O)N(CC(=O)NC[C@H]3CCOC3)C2=O)cc1. The lowest BCUT2D eigenvalue weighted by molar-refractivity contribution is -0.134. The van der Waals surface area contributed by atoms with Crippen LogP contribution in [0.2, 0.25) is 0 Å². The summed E-state index contributed by atoms with van der Waals surface area (Å²) in [7, 11) is 0. The summed E-state index contributed by atoms with van der Waals surface area (Å²) < 4.78 is 5.26. The standard InChI is InChI=1S/C18H23N3O4/c1-12-3-5-14(6-4-12)18(2)16(23)21(17(24)20-18)10-15(22)19-9-13-7-8-25-11-13/h3-6,13H,7-11H2,1-2H3,(H,19,22)(H,20,24)/t13-,18-/m1/s1. The van der Waals surface area contributed by atoms with Gasteiger partial charge < -0.3 is 15.4 Å². The molecule has 2 N–H and O–H groups in total. The second kappa shape index (κ2) is 6.84. The van der Waals surface area contributed by atoms with Crippen molar-refractivity contribution in [2.45, 2.75) is 25.8 Å². The first-order valence-electron chi connectivity index (χ1n) is 8.46. The van der Waals surface area contributed by atoms with Crippen LogP contribution in [-0.4, -0.2) is 49.0 Å². The van der Waals surface area contributed by atoms with E-state index in [9.17, 15) is 14.4 Å². The maximum absolute atomic E-state index is 12.8. The average molecular weight is 345 g/mol. The molecule has 2 atom stereocenters. The lowest BCUT2D eigenvalue weighted by atomic mass is 9.91. The molecule has 4 amide bonds. The molecule has 0 aromatic heterocycles. The van der Waals surface area contributed by atoms with E-state index in [2.05, 4.69) is 10.6 Å². The van der Waals surface area contributed by atoms with E-state index in [1.165, 1.54) is 0 Å². The largest absolute Gasteiger partial charge is 0.381 e. The molecule has 0 bridgehead atoms. The Morgan fingerprint density at radius 3 is 2.72 bits per heavy atom. The third-order valence-electron chi connectivity index (χ3n) is 4.82. The van der Waals surface area contributed by atoms with Crippen LogP contribution in [-0.2, 0) is 19.9 Å². The van der Waals surface area contributed by atoms with Crippen molar-refractivity contribution in [2.75, 3.05) is 26.3 Å². The normalized spacial score (nSPS) is 26.0. The molecule has 2 aliphatic heterocycles. The molecule has 2 saturated heterocycles. The summed E-state index contributed by atoms with van der Waals surface area (Å²) in [5.74, 6) is -0.464. The number of imide groups is 1. The number of carbonyl (C=O) groups excluding carboxylic acids is 3. The lowest BCUT2D eigenvalue weighted by Crippen LogP contribution is -2.44. The minimum atomic E-state index is -1.15. The molecule has 134 valence electrons. The van der Waals surface area contributed by atoms with Crippen LogP contribution >= 0.6 is 0 Å². The Balaban J connectivity index is 1.64. The van der Waals surface area contributed by atoms with Gasteiger partial charge in [-0.3, -0.25) is 14.5 Å². The van der Waals surface area contributed by atoms with Crippen molar-refractivity contribution in [3.8, 4) is 0 Å². The smallest absolute Gasteiger partial charge is 0.325 e. The molecule has 0 unspecified atom stereocenters. The van der Waals surface area contributed by atoms with Gasteiger partial charge in [-0.15, -0.1) is 0 Å². The summed E-state index contributed by atoms with van der Waals surface area (Å²) in [6, 6.07) is 6.86. The number of benzene rings is 1. The lowest BCUT2D eigenvalue weighted by Gasteiger charge is -2.22. The summed E-state index contributed by atoms with van der Waals surface area (Å²) >= 11 is 0. The molecule has 2 aliphatic rings. The summed E-state index contributed by atoms with van der Waals surface area (Å²) in [5.41, 5.74) is 0.614. The van der Waals surface area contributed by atoms with Crippen molar-refractivity contribution < 1.29 is 19.1 Å². The number of nitrogens with zero attached hydrogens (tertiary/aromatic N) is 1. The van der Waals surface area contributed by atoms with E-state index in [0.29, 0.717) is 31.2 Å². The predicted molar refractivity (Wildman–Crippen MR) is 90.7 cm³/mol. The summed E-state index contributed by atoms with van der Waals surface area (Å²) in [4.78, 5) is 38.1. The number of amides is 4. The fraction of sp³-hybridized carbons (Fsp3) is 0.500. The minimum absolute atomic E-state index is 0.278. The zero-order valence-corrected chi connectivity index (χ0v) is 14.5. The molecule has 0 saturated carbocycles. The number of carbonyl (C=O) groups is 3. The molecule has 2 fully saturated rings. The third-order valence-corrected chi connectivity index (χ3v) is 4.82. The molecule has 0 radical (unpaired) electrons.